The first-order valence-electron chi connectivity index (χ1n) is 8.71. The van der Waals surface area contributed by atoms with Crippen LogP contribution < -0.4 is 11.2 Å². The Morgan fingerprint density at radius 3 is 2.68 bits per heavy atom. The Labute approximate surface area is 161 Å². The lowest BCUT2D eigenvalue weighted by Crippen LogP contribution is -2.56. The molecule has 1 fully saturated rings. The molecule has 1 saturated heterocycles. The lowest BCUT2D eigenvalue weighted by molar-refractivity contribution is -0.122. The number of H-pyrrole nitrogens is 1. The van der Waals surface area contributed by atoms with E-state index in [4.69, 9.17) is 14.6 Å². The largest absolute Gasteiger partial charge is 0.483 e. The van der Waals surface area contributed by atoms with Crippen LogP contribution in [0.15, 0.2) is 15.8 Å². The Morgan fingerprint density at radius 2 is 2.11 bits per heavy atom. The highest BCUT2D eigenvalue weighted by Crippen LogP contribution is 2.35. The molecule has 0 bridgehead atoms. The van der Waals surface area contributed by atoms with E-state index in [1.807, 2.05) is 0 Å². The first kappa shape index (κ1) is 23.5. The van der Waals surface area contributed by atoms with Gasteiger partial charge in [-0.1, -0.05) is 0 Å². The van der Waals surface area contributed by atoms with E-state index in [-0.39, 0.29) is 31.7 Å². The zero-order valence-corrected chi connectivity index (χ0v) is 16.0. The van der Waals surface area contributed by atoms with Gasteiger partial charge >= 0.3 is 5.69 Å². The number of rotatable bonds is 6. The number of carboxylic acid groups (broad SMARTS) is 1. The van der Waals surface area contributed by atoms with Crippen LogP contribution in [0, 0.1) is 5.41 Å². The zero-order chi connectivity index (χ0) is 21.3. The van der Waals surface area contributed by atoms with Crippen LogP contribution in [0.4, 0.5) is 0 Å². The van der Waals surface area contributed by atoms with Gasteiger partial charge in [-0.05, 0) is 19.3 Å². The molecule has 11 heteroatoms. The number of hydrogen-bond donors (Lipinski definition) is 4. The Kier molecular flexibility index (Phi) is 9.03. The molecule has 0 saturated carbocycles. The minimum atomic E-state index is -0.847. The number of likely N-dealkylation sites (tertiary alicyclic amines) is 1. The third kappa shape index (κ3) is 5.50. The first-order chi connectivity index (χ1) is 13.3. The van der Waals surface area contributed by atoms with Crippen molar-refractivity contribution in [3.8, 4) is 0 Å². The number of hydrogen-bond acceptors (Lipinski definition) is 7. The fourth-order valence-corrected chi connectivity index (χ4v) is 3.26. The lowest BCUT2D eigenvalue weighted by atomic mass is 9.74. The number of aryl methyl sites for hydroxylation is 1. The number of nitrogens with one attached hydrogen (secondary N) is 1. The Morgan fingerprint density at radius 1 is 1.46 bits per heavy atom. The van der Waals surface area contributed by atoms with Gasteiger partial charge in [-0.15, -0.1) is 0 Å². The van der Waals surface area contributed by atoms with E-state index < -0.39 is 28.7 Å². The van der Waals surface area contributed by atoms with Gasteiger partial charge in [0.2, 0.25) is 0 Å². The first-order valence-corrected chi connectivity index (χ1v) is 8.71. The van der Waals surface area contributed by atoms with Crippen molar-refractivity contribution in [3.05, 3.63) is 32.6 Å². The third-order valence-electron chi connectivity index (χ3n) is 4.85. The van der Waals surface area contributed by atoms with Crippen molar-refractivity contribution in [3.63, 3.8) is 0 Å². The van der Waals surface area contributed by atoms with Crippen LogP contribution in [0.25, 0.3) is 0 Å². The van der Waals surface area contributed by atoms with E-state index in [0.717, 1.165) is 4.57 Å². The van der Waals surface area contributed by atoms with Crippen molar-refractivity contribution in [2.45, 2.75) is 25.4 Å². The number of amides is 1. The summed E-state index contributed by atoms with van der Waals surface area (Å²) in [5, 5.41) is 27.1. The Balaban J connectivity index is 0.00000122. The van der Waals surface area contributed by atoms with Crippen LogP contribution in [0.2, 0.25) is 0 Å². The number of ether oxygens (including phenoxy) is 1. The molecule has 4 N–H and O–H groups in total. The molecule has 1 aromatic rings. The summed E-state index contributed by atoms with van der Waals surface area (Å²) in [6.07, 6.45) is 1.91. The van der Waals surface area contributed by atoms with E-state index in [9.17, 15) is 24.6 Å². The van der Waals surface area contributed by atoms with Crippen LogP contribution >= 0.6 is 0 Å². The predicted octanol–water partition coefficient (Wildman–Crippen LogP) is -1.61. The fourth-order valence-electron chi connectivity index (χ4n) is 3.26. The molecular weight excluding hydrogens is 374 g/mol. The average Bonchev–Trinajstić information content (AvgIpc) is 2.66. The van der Waals surface area contributed by atoms with Crippen LogP contribution in [-0.4, -0.2) is 81.7 Å². The van der Waals surface area contributed by atoms with Gasteiger partial charge in [-0.25, -0.2) is 4.79 Å². The number of aliphatic hydroxyl groups is 2. The van der Waals surface area contributed by atoms with Crippen molar-refractivity contribution in [1.29, 1.82) is 0 Å². The average molecular weight is 401 g/mol. The minimum absolute atomic E-state index is 0.134. The summed E-state index contributed by atoms with van der Waals surface area (Å²) in [6.45, 7) is 0.373. The highest BCUT2D eigenvalue weighted by atomic mass is 16.5. The molecular formula is C17H27N3O8. The van der Waals surface area contributed by atoms with Crippen LogP contribution in [-0.2, 0) is 16.6 Å². The van der Waals surface area contributed by atoms with Crippen molar-refractivity contribution in [2.24, 2.45) is 12.5 Å². The van der Waals surface area contributed by atoms with Crippen molar-refractivity contribution in [2.75, 3.05) is 33.4 Å². The van der Waals surface area contributed by atoms with E-state index >= 15 is 0 Å². The number of piperidine rings is 1. The SMILES string of the molecule is COCCC[C@@]1(CO)CN(C(=O)c2cn(C)c(=O)[nH]c2=O)CC[C@H]1O.O=CO. The third-order valence-corrected chi connectivity index (χ3v) is 4.85. The van der Waals surface area contributed by atoms with E-state index in [1.165, 1.54) is 18.1 Å². The van der Waals surface area contributed by atoms with Gasteiger partial charge in [0.25, 0.3) is 17.9 Å². The highest BCUT2D eigenvalue weighted by Gasteiger charge is 2.43. The van der Waals surface area contributed by atoms with E-state index in [1.54, 1.807) is 7.11 Å². The number of methoxy groups -OCH3 is 1. The maximum Gasteiger partial charge on any atom is 0.328 e. The number of aromatic nitrogens is 2. The highest BCUT2D eigenvalue weighted by molar-refractivity contribution is 5.93. The van der Waals surface area contributed by atoms with Gasteiger partial charge in [-0.3, -0.25) is 19.4 Å². The molecule has 2 atom stereocenters. The summed E-state index contributed by atoms with van der Waals surface area (Å²) in [5.41, 5.74) is -2.32. The van der Waals surface area contributed by atoms with E-state index in [2.05, 4.69) is 4.98 Å². The van der Waals surface area contributed by atoms with Gasteiger partial charge < -0.3 is 29.5 Å². The van der Waals surface area contributed by atoms with Crippen molar-refractivity contribution < 1.29 is 29.6 Å². The molecule has 0 spiro atoms. The summed E-state index contributed by atoms with van der Waals surface area (Å²) < 4.78 is 6.15. The second-order valence-electron chi connectivity index (χ2n) is 6.67. The van der Waals surface area contributed by atoms with Crippen molar-refractivity contribution >= 4 is 12.4 Å². The van der Waals surface area contributed by atoms with Crippen molar-refractivity contribution in [1.82, 2.24) is 14.5 Å². The number of carbonyl (C=O) groups excluding carboxylic acids is 1. The maximum absolute atomic E-state index is 12.7. The van der Waals surface area contributed by atoms with Gasteiger partial charge in [0.15, 0.2) is 0 Å². The molecule has 2 rings (SSSR count). The summed E-state index contributed by atoms with van der Waals surface area (Å²) in [6, 6.07) is 0. The van der Waals surface area contributed by atoms with Gasteiger partial charge in [-0.2, -0.15) is 0 Å². The molecule has 0 aliphatic carbocycles. The summed E-state index contributed by atoms with van der Waals surface area (Å²) >= 11 is 0. The molecule has 1 aromatic heterocycles. The minimum Gasteiger partial charge on any atom is -0.483 e. The monoisotopic (exact) mass is 401 g/mol. The van der Waals surface area contributed by atoms with Gasteiger partial charge in [0.1, 0.15) is 5.56 Å². The molecule has 1 aliphatic heterocycles. The molecule has 0 aromatic carbocycles. The number of aliphatic hydroxyl groups excluding tert-OH is 2. The normalized spacial score (nSPS) is 21.6. The Bertz CT molecular complexity index is 774. The lowest BCUT2D eigenvalue weighted by Gasteiger charge is -2.45. The van der Waals surface area contributed by atoms with Crippen LogP contribution in [0.3, 0.4) is 0 Å². The molecule has 28 heavy (non-hydrogen) atoms. The second-order valence-corrected chi connectivity index (χ2v) is 6.67. The smallest absolute Gasteiger partial charge is 0.328 e. The number of nitrogens with zero attached hydrogens (tertiary/aromatic N) is 2. The molecule has 158 valence electrons. The molecule has 11 nitrogen and oxygen atoms in total. The predicted molar refractivity (Wildman–Crippen MR) is 98.2 cm³/mol. The van der Waals surface area contributed by atoms with E-state index in [0.29, 0.717) is 25.9 Å². The van der Waals surface area contributed by atoms with Gasteiger partial charge in [0, 0.05) is 45.5 Å². The maximum atomic E-state index is 12.7. The molecule has 0 radical (unpaired) electrons. The van der Waals surface area contributed by atoms with Crippen LogP contribution in [0.1, 0.15) is 29.6 Å². The molecule has 0 unspecified atom stereocenters. The number of aromatic amines is 1. The zero-order valence-electron chi connectivity index (χ0n) is 16.0. The molecule has 2 heterocycles. The quantitative estimate of drug-likeness (QED) is 0.327. The number of carbonyl (C=O) groups is 2. The summed E-state index contributed by atoms with van der Waals surface area (Å²) in [5.74, 6) is -0.520. The Hall–Kier alpha value is -2.50. The fraction of sp³-hybridized carbons (Fsp3) is 0.647. The standard InChI is InChI=1S/C16H25N3O6.CH2O2/c1-18-8-11(13(22)17-15(18)24)14(23)19-6-4-12(21)16(9-19,10-20)5-3-7-25-2;2-1-3/h8,12,20-21H,3-7,9-10H2,1-2H3,(H,17,22,24);1H,(H,2,3)/t12-,16+;/m1./s1. The molecule has 1 aliphatic rings. The molecule has 1 amide bonds. The second kappa shape index (κ2) is 10.7. The summed E-state index contributed by atoms with van der Waals surface area (Å²) in [7, 11) is 3.02. The summed E-state index contributed by atoms with van der Waals surface area (Å²) in [4.78, 5) is 48.0. The topological polar surface area (TPSA) is 162 Å². The van der Waals surface area contributed by atoms with Gasteiger partial charge in [0.05, 0.1) is 12.7 Å². The van der Waals surface area contributed by atoms with Crippen LogP contribution in [0.5, 0.6) is 0 Å².